The van der Waals surface area contributed by atoms with Gasteiger partial charge in [-0.15, -0.1) is 0 Å². The lowest BCUT2D eigenvalue weighted by atomic mass is 10.1. The van der Waals surface area contributed by atoms with Crippen LogP contribution in [0.3, 0.4) is 0 Å². The number of rotatable bonds is 4. The minimum absolute atomic E-state index is 0.171. The van der Waals surface area contributed by atoms with Crippen LogP contribution in [0, 0.1) is 0 Å². The number of nitrogens with one attached hydrogen (secondary N) is 1. The molecule has 0 fully saturated rings. The van der Waals surface area contributed by atoms with E-state index in [4.69, 9.17) is 11.5 Å². The largest absolute Gasteiger partial charge is 0.399 e. The molecule has 0 aromatic heterocycles. The minimum atomic E-state index is -0.171. The third-order valence-electron chi connectivity index (χ3n) is 2.66. The molecule has 0 aliphatic heterocycles. The molecule has 0 heterocycles. The normalized spacial score (nSPS) is 12.3. The van der Waals surface area contributed by atoms with Gasteiger partial charge in [-0.25, -0.2) is 0 Å². The maximum Gasteiger partial charge on any atom is 0.0812 e. The van der Waals surface area contributed by atoms with Crippen LogP contribution < -0.4 is 16.8 Å². The van der Waals surface area contributed by atoms with E-state index in [9.17, 15) is 0 Å². The molecule has 2 rings (SSSR count). The van der Waals surface area contributed by atoms with E-state index in [1.54, 1.807) is 0 Å². The summed E-state index contributed by atoms with van der Waals surface area (Å²) in [5.74, 6) is 0. The Balaban J connectivity index is 1.93. The zero-order valence-electron chi connectivity index (χ0n) is 9.64. The van der Waals surface area contributed by atoms with Crippen molar-refractivity contribution < 1.29 is 0 Å². The van der Waals surface area contributed by atoms with Crippen LogP contribution in [0.4, 0.5) is 5.69 Å². The van der Waals surface area contributed by atoms with E-state index in [-0.39, 0.29) is 6.17 Å². The van der Waals surface area contributed by atoms with Crippen molar-refractivity contribution in [3.8, 4) is 0 Å². The number of hydrogen-bond donors (Lipinski definition) is 3. The summed E-state index contributed by atoms with van der Waals surface area (Å²) in [6.45, 7) is 0.756. The molecule has 0 saturated heterocycles. The summed E-state index contributed by atoms with van der Waals surface area (Å²) in [7, 11) is 0. The average Bonchev–Trinajstić information content (AvgIpc) is 2.38. The van der Waals surface area contributed by atoms with Gasteiger partial charge < -0.3 is 11.5 Å². The summed E-state index contributed by atoms with van der Waals surface area (Å²) in [5, 5.41) is 3.27. The first kappa shape index (κ1) is 11.6. The molecule has 1 atom stereocenters. The van der Waals surface area contributed by atoms with Crippen LogP contribution in [0.5, 0.6) is 0 Å². The summed E-state index contributed by atoms with van der Waals surface area (Å²) in [4.78, 5) is 0. The predicted octanol–water partition coefficient (Wildman–Crippen LogP) is 2.02. The number of nitrogens with two attached hydrogens (primary N) is 2. The second-order valence-corrected chi connectivity index (χ2v) is 4.01. The molecule has 0 saturated carbocycles. The van der Waals surface area contributed by atoms with Gasteiger partial charge in [-0.1, -0.05) is 42.5 Å². The Morgan fingerprint density at radius 3 is 2.24 bits per heavy atom. The first-order valence-corrected chi connectivity index (χ1v) is 5.64. The van der Waals surface area contributed by atoms with Gasteiger partial charge >= 0.3 is 0 Å². The van der Waals surface area contributed by atoms with Crippen molar-refractivity contribution in [2.75, 3.05) is 5.73 Å². The number of anilines is 1. The highest BCUT2D eigenvalue weighted by molar-refractivity contribution is 5.39. The van der Waals surface area contributed by atoms with E-state index >= 15 is 0 Å². The molecule has 3 heteroatoms. The van der Waals surface area contributed by atoms with Crippen molar-refractivity contribution in [2.24, 2.45) is 5.73 Å². The second-order valence-electron chi connectivity index (χ2n) is 4.01. The zero-order chi connectivity index (χ0) is 12.1. The van der Waals surface area contributed by atoms with Crippen molar-refractivity contribution >= 4 is 5.69 Å². The Bertz CT molecular complexity index is 451. The third kappa shape index (κ3) is 3.31. The quantitative estimate of drug-likeness (QED) is 0.553. The lowest BCUT2D eigenvalue weighted by Crippen LogP contribution is -2.28. The SMILES string of the molecule is Nc1ccc(C(N)NCc2ccccc2)cc1. The molecule has 0 aliphatic rings. The molecule has 2 aromatic rings. The lowest BCUT2D eigenvalue weighted by molar-refractivity contribution is 0.552. The van der Waals surface area contributed by atoms with Crippen molar-refractivity contribution in [2.45, 2.75) is 12.7 Å². The molecule has 1 unspecified atom stereocenters. The number of benzene rings is 2. The van der Waals surface area contributed by atoms with Crippen molar-refractivity contribution in [1.82, 2.24) is 5.32 Å². The van der Waals surface area contributed by atoms with Gasteiger partial charge in [-0.05, 0) is 23.3 Å². The fourth-order valence-corrected chi connectivity index (χ4v) is 1.64. The molecule has 17 heavy (non-hydrogen) atoms. The summed E-state index contributed by atoms with van der Waals surface area (Å²) in [6, 6.07) is 17.8. The van der Waals surface area contributed by atoms with Gasteiger partial charge in [0.05, 0.1) is 6.17 Å². The molecule has 0 amide bonds. The van der Waals surface area contributed by atoms with E-state index in [2.05, 4.69) is 17.4 Å². The Hall–Kier alpha value is -1.84. The van der Waals surface area contributed by atoms with Crippen LogP contribution in [-0.2, 0) is 6.54 Å². The maximum absolute atomic E-state index is 6.04. The molecule has 0 aliphatic carbocycles. The van der Waals surface area contributed by atoms with Crippen LogP contribution >= 0.6 is 0 Å². The van der Waals surface area contributed by atoms with Gasteiger partial charge in [0.2, 0.25) is 0 Å². The number of hydrogen-bond acceptors (Lipinski definition) is 3. The Kier molecular flexibility index (Phi) is 3.75. The first-order chi connectivity index (χ1) is 8.25. The van der Waals surface area contributed by atoms with Gasteiger partial charge in [0.25, 0.3) is 0 Å². The molecule has 0 radical (unpaired) electrons. The third-order valence-corrected chi connectivity index (χ3v) is 2.66. The smallest absolute Gasteiger partial charge is 0.0812 e. The Morgan fingerprint density at radius 2 is 1.59 bits per heavy atom. The Morgan fingerprint density at radius 1 is 0.941 bits per heavy atom. The topological polar surface area (TPSA) is 64.1 Å². The molecule has 3 nitrogen and oxygen atoms in total. The first-order valence-electron chi connectivity index (χ1n) is 5.64. The van der Waals surface area contributed by atoms with E-state index in [1.807, 2.05) is 42.5 Å². The van der Waals surface area contributed by atoms with Gasteiger partial charge in [0, 0.05) is 12.2 Å². The van der Waals surface area contributed by atoms with E-state index in [0.717, 1.165) is 17.8 Å². The van der Waals surface area contributed by atoms with Crippen molar-refractivity contribution in [1.29, 1.82) is 0 Å². The summed E-state index contributed by atoms with van der Waals surface area (Å²) < 4.78 is 0. The van der Waals surface area contributed by atoms with E-state index in [1.165, 1.54) is 5.56 Å². The predicted molar refractivity (Wildman–Crippen MR) is 71.1 cm³/mol. The van der Waals surface area contributed by atoms with Crippen LogP contribution in [-0.4, -0.2) is 0 Å². The summed E-state index contributed by atoms with van der Waals surface area (Å²) >= 11 is 0. The monoisotopic (exact) mass is 227 g/mol. The van der Waals surface area contributed by atoms with Crippen LogP contribution in [0.25, 0.3) is 0 Å². The molecule has 5 N–H and O–H groups in total. The van der Waals surface area contributed by atoms with Crippen molar-refractivity contribution in [3.05, 3.63) is 65.7 Å². The van der Waals surface area contributed by atoms with E-state index < -0.39 is 0 Å². The van der Waals surface area contributed by atoms with Crippen molar-refractivity contribution in [3.63, 3.8) is 0 Å². The highest BCUT2D eigenvalue weighted by atomic mass is 15.0. The summed E-state index contributed by atoms with van der Waals surface area (Å²) in [5.41, 5.74) is 14.7. The van der Waals surface area contributed by atoms with Gasteiger partial charge in [-0.2, -0.15) is 0 Å². The fourth-order valence-electron chi connectivity index (χ4n) is 1.64. The average molecular weight is 227 g/mol. The molecule has 0 bridgehead atoms. The van der Waals surface area contributed by atoms with Gasteiger partial charge in [0.1, 0.15) is 0 Å². The minimum Gasteiger partial charge on any atom is -0.399 e. The second kappa shape index (κ2) is 5.48. The van der Waals surface area contributed by atoms with E-state index in [0.29, 0.717) is 0 Å². The Labute approximate surface area is 101 Å². The molecule has 2 aromatic carbocycles. The zero-order valence-corrected chi connectivity index (χ0v) is 9.64. The molecular formula is C14H17N3. The molecular weight excluding hydrogens is 210 g/mol. The standard InChI is InChI=1S/C14H17N3/c15-13-8-6-12(7-9-13)14(16)17-10-11-4-2-1-3-5-11/h1-9,14,17H,10,15-16H2. The molecule has 0 spiro atoms. The fraction of sp³-hybridized carbons (Fsp3) is 0.143. The maximum atomic E-state index is 6.04. The van der Waals surface area contributed by atoms with Crippen LogP contribution in [0.15, 0.2) is 54.6 Å². The summed E-state index contributed by atoms with van der Waals surface area (Å²) in [6.07, 6.45) is -0.171. The van der Waals surface area contributed by atoms with Gasteiger partial charge in [0.15, 0.2) is 0 Å². The highest BCUT2D eigenvalue weighted by Gasteiger charge is 2.04. The molecule has 88 valence electrons. The van der Waals surface area contributed by atoms with Crippen LogP contribution in [0.1, 0.15) is 17.3 Å². The lowest BCUT2D eigenvalue weighted by Gasteiger charge is -2.14. The number of nitrogen functional groups attached to an aromatic ring is 1. The van der Waals surface area contributed by atoms with Crippen LogP contribution in [0.2, 0.25) is 0 Å². The van der Waals surface area contributed by atoms with Gasteiger partial charge in [-0.3, -0.25) is 5.32 Å². The highest BCUT2D eigenvalue weighted by Crippen LogP contribution is 2.11.